The highest BCUT2D eigenvalue weighted by Gasteiger charge is 2.37. The minimum Gasteiger partial charge on any atom is -0.411 e. The highest BCUT2D eigenvalue weighted by Crippen LogP contribution is 2.32. The van der Waals surface area contributed by atoms with E-state index >= 15 is 0 Å². The number of fused-ring (bicyclic) bond motifs is 1. The summed E-state index contributed by atoms with van der Waals surface area (Å²) in [7, 11) is -3.46. The van der Waals surface area contributed by atoms with Crippen LogP contribution in [0.5, 0.6) is 0 Å². The van der Waals surface area contributed by atoms with Gasteiger partial charge in [0.2, 0.25) is 0 Å². The summed E-state index contributed by atoms with van der Waals surface area (Å²) in [5.74, 6) is -0.347. The van der Waals surface area contributed by atoms with Crippen LogP contribution in [0.1, 0.15) is 48.0 Å². The predicted octanol–water partition coefficient (Wildman–Crippen LogP) is 3.93. The number of benzene rings is 2. The van der Waals surface area contributed by atoms with Crippen LogP contribution in [0.15, 0.2) is 58.6 Å². The molecule has 2 heterocycles. The number of Topliss-reactive ketones (excluding diaryl/α,β-unsaturated/α-hetero) is 1. The molecule has 0 saturated carbocycles. The first-order valence-corrected chi connectivity index (χ1v) is 12.5. The standard InChI is InChI=1S/C24H27FN2O4S/c25-19-9-7-17(8-10-19)24(28)18-11-14-27(15-12-18)13-3-4-20-16-22(26-29)21-5-1-2-6-23(21)32(20,30)31/h1-2,5-10,18,20,29H,3-4,11-16H2. The Morgan fingerprint density at radius 1 is 1.09 bits per heavy atom. The quantitative estimate of drug-likeness (QED) is 0.403. The van der Waals surface area contributed by atoms with Crippen molar-refractivity contribution in [1.82, 2.24) is 4.90 Å². The van der Waals surface area contributed by atoms with E-state index in [4.69, 9.17) is 0 Å². The van der Waals surface area contributed by atoms with Crippen molar-refractivity contribution in [3.63, 3.8) is 0 Å². The number of oxime groups is 1. The Balaban J connectivity index is 1.29. The second kappa shape index (κ2) is 9.50. The molecule has 0 spiro atoms. The van der Waals surface area contributed by atoms with Crippen LogP contribution in [0.2, 0.25) is 0 Å². The van der Waals surface area contributed by atoms with Gasteiger partial charge < -0.3 is 10.1 Å². The maximum Gasteiger partial charge on any atom is 0.182 e. The van der Waals surface area contributed by atoms with E-state index in [-0.39, 0.29) is 28.8 Å². The molecule has 2 aromatic rings. The number of hydrogen-bond donors (Lipinski definition) is 1. The van der Waals surface area contributed by atoms with E-state index in [0.29, 0.717) is 29.7 Å². The van der Waals surface area contributed by atoms with Crippen LogP contribution < -0.4 is 0 Å². The highest BCUT2D eigenvalue weighted by atomic mass is 32.2. The first-order valence-electron chi connectivity index (χ1n) is 11.0. The monoisotopic (exact) mass is 458 g/mol. The van der Waals surface area contributed by atoms with Gasteiger partial charge in [-0.25, -0.2) is 12.8 Å². The van der Waals surface area contributed by atoms with E-state index in [1.807, 2.05) is 0 Å². The van der Waals surface area contributed by atoms with Crippen LogP contribution in [0, 0.1) is 11.7 Å². The molecule has 4 rings (SSSR count). The maximum absolute atomic E-state index is 13.1. The zero-order valence-electron chi connectivity index (χ0n) is 17.8. The minimum atomic E-state index is -3.46. The van der Waals surface area contributed by atoms with Crippen LogP contribution in [-0.2, 0) is 9.84 Å². The second-order valence-corrected chi connectivity index (χ2v) is 10.7. The van der Waals surface area contributed by atoms with Crippen molar-refractivity contribution < 1.29 is 22.8 Å². The Morgan fingerprint density at radius 3 is 2.47 bits per heavy atom. The number of nitrogens with zero attached hydrogens (tertiary/aromatic N) is 2. The summed E-state index contributed by atoms with van der Waals surface area (Å²) in [5, 5.41) is 12.1. The average molecular weight is 459 g/mol. The summed E-state index contributed by atoms with van der Waals surface area (Å²) < 4.78 is 39.1. The molecule has 0 aromatic heterocycles. The summed E-state index contributed by atoms with van der Waals surface area (Å²) in [6.45, 7) is 2.32. The van der Waals surface area contributed by atoms with E-state index in [2.05, 4.69) is 10.1 Å². The first kappa shape index (κ1) is 22.6. The number of likely N-dealkylation sites (tertiary alicyclic amines) is 1. The Hall–Kier alpha value is -2.58. The molecule has 1 fully saturated rings. The molecule has 0 bridgehead atoms. The Labute approximate surface area is 187 Å². The van der Waals surface area contributed by atoms with Gasteiger partial charge in [0.1, 0.15) is 5.82 Å². The number of sulfone groups is 1. The number of carbonyl (C=O) groups excluding carboxylic acids is 1. The molecule has 32 heavy (non-hydrogen) atoms. The molecule has 1 N–H and O–H groups in total. The van der Waals surface area contributed by atoms with Gasteiger partial charge in [0.05, 0.1) is 15.9 Å². The van der Waals surface area contributed by atoms with Crippen molar-refractivity contribution in [2.45, 2.75) is 42.2 Å². The average Bonchev–Trinajstić information content (AvgIpc) is 2.81. The zero-order valence-corrected chi connectivity index (χ0v) is 18.6. The van der Waals surface area contributed by atoms with Crippen LogP contribution in [0.3, 0.4) is 0 Å². The lowest BCUT2D eigenvalue weighted by Gasteiger charge is -2.32. The number of carbonyl (C=O) groups is 1. The van der Waals surface area contributed by atoms with Crippen LogP contribution in [-0.4, -0.2) is 54.9 Å². The third-order valence-electron chi connectivity index (χ3n) is 6.57. The molecule has 1 saturated heterocycles. The van der Waals surface area contributed by atoms with E-state index in [9.17, 15) is 22.8 Å². The number of piperidine rings is 1. The zero-order chi connectivity index (χ0) is 22.7. The molecule has 0 aliphatic carbocycles. The molecular weight excluding hydrogens is 431 g/mol. The van der Waals surface area contributed by atoms with Crippen LogP contribution >= 0.6 is 0 Å². The summed E-state index contributed by atoms with van der Waals surface area (Å²) >= 11 is 0. The summed E-state index contributed by atoms with van der Waals surface area (Å²) in [5.41, 5.74) is 1.45. The third-order valence-corrected chi connectivity index (χ3v) is 8.82. The molecule has 8 heteroatoms. The smallest absolute Gasteiger partial charge is 0.182 e. The van der Waals surface area contributed by atoms with Gasteiger partial charge in [-0.15, -0.1) is 0 Å². The van der Waals surface area contributed by atoms with Crippen molar-refractivity contribution in [3.8, 4) is 0 Å². The molecule has 2 aromatic carbocycles. The number of ketones is 1. The van der Waals surface area contributed by atoms with Gasteiger partial charge in [0.25, 0.3) is 0 Å². The van der Waals surface area contributed by atoms with E-state index in [1.165, 1.54) is 24.3 Å². The second-order valence-electron chi connectivity index (χ2n) is 8.54. The molecule has 0 radical (unpaired) electrons. The number of halogens is 1. The predicted molar refractivity (Wildman–Crippen MR) is 119 cm³/mol. The van der Waals surface area contributed by atoms with Gasteiger partial charge in [0.15, 0.2) is 15.6 Å². The van der Waals surface area contributed by atoms with Crippen molar-refractivity contribution in [2.75, 3.05) is 19.6 Å². The lowest BCUT2D eigenvalue weighted by molar-refractivity contribution is 0.0839. The van der Waals surface area contributed by atoms with Crippen molar-refractivity contribution in [1.29, 1.82) is 0 Å². The molecule has 1 atom stereocenters. The molecule has 1 unspecified atom stereocenters. The largest absolute Gasteiger partial charge is 0.411 e. The summed E-state index contributed by atoms with van der Waals surface area (Å²) in [4.78, 5) is 15.1. The third kappa shape index (κ3) is 4.61. The van der Waals surface area contributed by atoms with Gasteiger partial charge in [-0.2, -0.15) is 0 Å². The number of rotatable bonds is 6. The highest BCUT2D eigenvalue weighted by molar-refractivity contribution is 7.92. The molecule has 2 aliphatic rings. The molecular formula is C24H27FN2O4S. The Bertz CT molecular complexity index is 1110. The fraction of sp³-hybridized carbons (Fsp3) is 0.417. The Morgan fingerprint density at radius 2 is 1.78 bits per heavy atom. The van der Waals surface area contributed by atoms with Gasteiger partial charge >= 0.3 is 0 Å². The van der Waals surface area contributed by atoms with E-state index in [1.54, 1.807) is 24.3 Å². The molecule has 170 valence electrons. The van der Waals surface area contributed by atoms with E-state index in [0.717, 1.165) is 32.5 Å². The maximum atomic E-state index is 13.1. The van der Waals surface area contributed by atoms with Crippen LogP contribution in [0.4, 0.5) is 4.39 Å². The first-order chi connectivity index (χ1) is 15.4. The van der Waals surface area contributed by atoms with Gasteiger partial charge in [-0.3, -0.25) is 4.79 Å². The van der Waals surface area contributed by atoms with Gasteiger partial charge in [0, 0.05) is 23.5 Å². The number of hydrogen-bond acceptors (Lipinski definition) is 6. The lowest BCUT2D eigenvalue weighted by atomic mass is 9.89. The normalized spacial score (nSPS) is 22.5. The fourth-order valence-electron chi connectivity index (χ4n) is 4.73. The molecule has 2 aliphatic heterocycles. The van der Waals surface area contributed by atoms with Gasteiger partial charge in [-0.05, 0) is 75.6 Å². The summed E-state index contributed by atoms with van der Waals surface area (Å²) in [6, 6.07) is 12.4. The summed E-state index contributed by atoms with van der Waals surface area (Å²) in [6.07, 6.45) is 2.90. The van der Waals surface area contributed by atoms with Crippen molar-refractivity contribution in [2.24, 2.45) is 11.1 Å². The van der Waals surface area contributed by atoms with Crippen molar-refractivity contribution >= 4 is 21.3 Å². The topological polar surface area (TPSA) is 87.0 Å². The Kier molecular flexibility index (Phi) is 6.71. The van der Waals surface area contributed by atoms with Crippen molar-refractivity contribution in [3.05, 3.63) is 65.5 Å². The molecule has 0 amide bonds. The van der Waals surface area contributed by atoms with Crippen LogP contribution in [0.25, 0.3) is 0 Å². The van der Waals surface area contributed by atoms with Gasteiger partial charge in [-0.1, -0.05) is 23.4 Å². The minimum absolute atomic E-state index is 0.0599. The lowest BCUT2D eigenvalue weighted by Crippen LogP contribution is -2.38. The molecule has 6 nitrogen and oxygen atoms in total. The SMILES string of the molecule is O=C(c1ccc(F)cc1)C1CCN(CCCC2CC(=NO)c3ccccc3S2(=O)=O)CC1. The van der Waals surface area contributed by atoms with E-state index < -0.39 is 15.1 Å². The fourth-order valence-corrected chi connectivity index (χ4v) is 6.71.